The molecule has 2 rings (SSSR count). The largest absolute Gasteiger partial charge is 0.388 e. The van der Waals surface area contributed by atoms with Crippen LogP contribution in [0.1, 0.15) is 31.4 Å². The number of rotatable bonds is 5. The van der Waals surface area contributed by atoms with Crippen LogP contribution >= 0.6 is 12.2 Å². The van der Waals surface area contributed by atoms with Crippen LogP contribution in [0.3, 0.4) is 0 Å². The van der Waals surface area contributed by atoms with Gasteiger partial charge in [0, 0.05) is 18.4 Å². The summed E-state index contributed by atoms with van der Waals surface area (Å²) in [7, 11) is 0. The van der Waals surface area contributed by atoms with Gasteiger partial charge in [-0.3, -0.25) is 4.79 Å². The van der Waals surface area contributed by atoms with Gasteiger partial charge in [0.25, 0.3) is 0 Å². The second-order valence-corrected chi connectivity index (χ2v) is 5.07. The molecule has 0 aliphatic heterocycles. The molecule has 0 aromatic carbocycles. The van der Waals surface area contributed by atoms with Crippen LogP contribution in [0.25, 0.3) is 0 Å². The first-order valence-electron chi connectivity index (χ1n) is 6.25. The van der Waals surface area contributed by atoms with Crippen LogP contribution in [0.2, 0.25) is 0 Å². The molecule has 0 unspecified atom stereocenters. The summed E-state index contributed by atoms with van der Waals surface area (Å²) in [6, 6.07) is 0.247. The van der Waals surface area contributed by atoms with Crippen molar-refractivity contribution >= 4 is 28.9 Å². The number of carbonyl (C=O) groups is 1. The number of aromatic nitrogens is 2. The number of carbonyl (C=O) groups excluding carboxylic acids is 1. The van der Waals surface area contributed by atoms with Crippen LogP contribution in [0.4, 0.5) is 5.82 Å². The van der Waals surface area contributed by atoms with Gasteiger partial charge in [0.15, 0.2) is 5.82 Å². The first-order valence-corrected chi connectivity index (χ1v) is 6.66. The Balaban J connectivity index is 2.36. The quantitative estimate of drug-likeness (QED) is 0.754. The Kier molecular flexibility index (Phi) is 4.26. The maximum atomic E-state index is 11.3. The number of anilines is 1. The zero-order valence-electron chi connectivity index (χ0n) is 10.6. The predicted octanol–water partition coefficient (Wildman–Crippen LogP) is 0.345. The average molecular weight is 279 g/mol. The van der Waals surface area contributed by atoms with Crippen molar-refractivity contribution < 1.29 is 4.79 Å². The molecule has 1 fully saturated rings. The summed E-state index contributed by atoms with van der Waals surface area (Å²) in [6.45, 7) is 0.110. The highest BCUT2D eigenvalue weighted by atomic mass is 32.1. The predicted molar refractivity (Wildman–Crippen MR) is 76.7 cm³/mol. The molecule has 0 saturated heterocycles. The summed E-state index contributed by atoms with van der Waals surface area (Å²) in [4.78, 5) is 21.8. The molecule has 1 aliphatic rings. The van der Waals surface area contributed by atoms with Gasteiger partial charge in [-0.25, -0.2) is 9.97 Å². The molecule has 6 nitrogen and oxygen atoms in total. The maximum absolute atomic E-state index is 11.3. The lowest BCUT2D eigenvalue weighted by Gasteiger charge is -2.29. The summed E-state index contributed by atoms with van der Waals surface area (Å²) in [5, 5.41) is 0. The zero-order valence-corrected chi connectivity index (χ0v) is 11.4. The van der Waals surface area contributed by atoms with Crippen LogP contribution in [0.15, 0.2) is 12.4 Å². The molecule has 0 spiro atoms. The number of amides is 1. The summed E-state index contributed by atoms with van der Waals surface area (Å²) < 4.78 is 0. The van der Waals surface area contributed by atoms with Crippen LogP contribution in [-0.2, 0) is 4.79 Å². The van der Waals surface area contributed by atoms with Gasteiger partial charge in [-0.1, -0.05) is 25.1 Å². The first kappa shape index (κ1) is 13.7. The van der Waals surface area contributed by atoms with E-state index < -0.39 is 5.91 Å². The van der Waals surface area contributed by atoms with E-state index in [0.29, 0.717) is 11.5 Å². The van der Waals surface area contributed by atoms with E-state index in [4.69, 9.17) is 23.7 Å². The standard InChI is InChI=1S/C12H17N5OS/c13-9(18)7-17(8-3-1-2-4-8)12-10(11(14)19)15-5-6-16-12/h5-6,8H,1-4,7H2,(H2,13,18)(H2,14,19). The van der Waals surface area contributed by atoms with Crippen molar-refractivity contribution in [3.63, 3.8) is 0 Å². The minimum atomic E-state index is -0.397. The molecule has 0 bridgehead atoms. The molecular formula is C12H17N5OS. The van der Waals surface area contributed by atoms with Gasteiger partial charge in [-0.05, 0) is 12.8 Å². The number of nitrogens with two attached hydrogens (primary N) is 2. The molecule has 0 radical (unpaired) electrons. The molecule has 0 atom stereocenters. The monoisotopic (exact) mass is 279 g/mol. The highest BCUT2D eigenvalue weighted by Crippen LogP contribution is 2.28. The molecular weight excluding hydrogens is 262 g/mol. The van der Waals surface area contributed by atoms with Crippen molar-refractivity contribution in [3.05, 3.63) is 18.1 Å². The van der Waals surface area contributed by atoms with Crippen molar-refractivity contribution in [2.45, 2.75) is 31.7 Å². The van der Waals surface area contributed by atoms with E-state index in [2.05, 4.69) is 9.97 Å². The van der Waals surface area contributed by atoms with Gasteiger partial charge < -0.3 is 16.4 Å². The highest BCUT2D eigenvalue weighted by molar-refractivity contribution is 7.80. The normalized spacial score (nSPS) is 15.4. The van der Waals surface area contributed by atoms with Gasteiger partial charge in [-0.15, -0.1) is 0 Å². The lowest BCUT2D eigenvalue weighted by molar-refractivity contribution is -0.116. The van der Waals surface area contributed by atoms with E-state index in [0.717, 1.165) is 25.7 Å². The fraction of sp³-hybridized carbons (Fsp3) is 0.500. The number of nitrogens with zero attached hydrogens (tertiary/aromatic N) is 3. The molecule has 1 heterocycles. The van der Waals surface area contributed by atoms with Crippen LogP contribution in [0.5, 0.6) is 0 Å². The third kappa shape index (κ3) is 3.17. The Labute approximate surface area is 117 Å². The lowest BCUT2D eigenvalue weighted by atomic mass is 10.2. The number of primary amides is 1. The zero-order chi connectivity index (χ0) is 13.8. The van der Waals surface area contributed by atoms with Crippen molar-refractivity contribution in [1.82, 2.24) is 9.97 Å². The van der Waals surface area contributed by atoms with Gasteiger partial charge >= 0.3 is 0 Å². The van der Waals surface area contributed by atoms with E-state index in [9.17, 15) is 4.79 Å². The minimum Gasteiger partial charge on any atom is -0.388 e. The molecule has 4 N–H and O–H groups in total. The fourth-order valence-electron chi connectivity index (χ4n) is 2.48. The number of thiocarbonyl (C=S) groups is 1. The van der Waals surface area contributed by atoms with Crippen molar-refractivity contribution in [2.24, 2.45) is 11.5 Å². The molecule has 7 heteroatoms. The second kappa shape index (κ2) is 5.92. The minimum absolute atomic E-state index is 0.110. The van der Waals surface area contributed by atoms with E-state index in [-0.39, 0.29) is 17.6 Å². The summed E-state index contributed by atoms with van der Waals surface area (Å²) in [6.07, 6.45) is 7.42. The van der Waals surface area contributed by atoms with E-state index in [1.807, 2.05) is 4.90 Å². The fourth-order valence-corrected chi connectivity index (χ4v) is 2.62. The lowest BCUT2D eigenvalue weighted by Crippen LogP contribution is -2.42. The Morgan fingerprint density at radius 3 is 2.53 bits per heavy atom. The number of hydrogen-bond acceptors (Lipinski definition) is 5. The highest BCUT2D eigenvalue weighted by Gasteiger charge is 2.27. The van der Waals surface area contributed by atoms with Crippen LogP contribution in [0, 0.1) is 0 Å². The Morgan fingerprint density at radius 1 is 1.32 bits per heavy atom. The molecule has 1 aromatic rings. The molecule has 102 valence electrons. The molecule has 1 aliphatic carbocycles. The molecule has 1 amide bonds. The smallest absolute Gasteiger partial charge is 0.237 e. The average Bonchev–Trinajstić information content (AvgIpc) is 2.89. The Bertz CT molecular complexity index is 487. The first-order chi connectivity index (χ1) is 9.09. The van der Waals surface area contributed by atoms with Gasteiger partial charge in [-0.2, -0.15) is 0 Å². The third-order valence-electron chi connectivity index (χ3n) is 3.28. The van der Waals surface area contributed by atoms with Gasteiger partial charge in [0.2, 0.25) is 5.91 Å². The van der Waals surface area contributed by atoms with Crippen molar-refractivity contribution in [1.29, 1.82) is 0 Å². The maximum Gasteiger partial charge on any atom is 0.237 e. The summed E-state index contributed by atoms with van der Waals surface area (Å²) in [5.41, 5.74) is 11.4. The second-order valence-electron chi connectivity index (χ2n) is 4.63. The van der Waals surface area contributed by atoms with Gasteiger partial charge in [0.05, 0.1) is 6.54 Å². The molecule has 19 heavy (non-hydrogen) atoms. The summed E-state index contributed by atoms with van der Waals surface area (Å²) in [5.74, 6) is 0.159. The van der Waals surface area contributed by atoms with Crippen molar-refractivity contribution in [2.75, 3.05) is 11.4 Å². The van der Waals surface area contributed by atoms with E-state index in [1.165, 1.54) is 6.20 Å². The van der Waals surface area contributed by atoms with Crippen LogP contribution in [-0.4, -0.2) is 33.5 Å². The van der Waals surface area contributed by atoms with Crippen LogP contribution < -0.4 is 16.4 Å². The van der Waals surface area contributed by atoms with E-state index in [1.54, 1.807) is 6.20 Å². The number of hydrogen-bond donors (Lipinski definition) is 2. The topological polar surface area (TPSA) is 98.1 Å². The Morgan fingerprint density at radius 2 is 1.95 bits per heavy atom. The van der Waals surface area contributed by atoms with E-state index >= 15 is 0 Å². The third-order valence-corrected chi connectivity index (χ3v) is 3.47. The summed E-state index contributed by atoms with van der Waals surface area (Å²) >= 11 is 4.99. The molecule has 1 aromatic heterocycles. The SMILES string of the molecule is NC(=O)CN(c1nccnc1C(N)=S)C1CCCC1. The molecule has 1 saturated carbocycles. The van der Waals surface area contributed by atoms with Crippen molar-refractivity contribution in [3.8, 4) is 0 Å². The van der Waals surface area contributed by atoms with Gasteiger partial charge in [0.1, 0.15) is 10.7 Å². The Hall–Kier alpha value is -1.76.